The van der Waals surface area contributed by atoms with Crippen LogP contribution in [0.2, 0.25) is 0 Å². The number of amides is 1. The molecule has 1 saturated heterocycles. The summed E-state index contributed by atoms with van der Waals surface area (Å²) in [7, 11) is 0. The first kappa shape index (κ1) is 27.2. The average molecular weight is 604 g/mol. The van der Waals surface area contributed by atoms with Crippen molar-refractivity contribution in [1.82, 2.24) is 29.4 Å². The molecule has 3 heterocycles. The predicted molar refractivity (Wildman–Crippen MR) is 161 cm³/mol. The minimum Gasteiger partial charge on any atom is -0.337 e. The molecule has 1 aliphatic carbocycles. The monoisotopic (exact) mass is 602 g/mol. The maximum absolute atomic E-state index is 14.1. The van der Waals surface area contributed by atoms with Crippen molar-refractivity contribution in [3.05, 3.63) is 75.3 Å². The van der Waals surface area contributed by atoms with Gasteiger partial charge in [0.05, 0.1) is 42.7 Å². The number of hydrogen-bond acceptors (Lipinski definition) is 4. The number of hydrogen-bond donors (Lipinski definition) is 0. The van der Waals surface area contributed by atoms with Gasteiger partial charge in [-0.25, -0.2) is 4.98 Å². The van der Waals surface area contributed by atoms with E-state index < -0.39 is 5.41 Å². The summed E-state index contributed by atoms with van der Waals surface area (Å²) in [6, 6.07) is 10.9. The van der Waals surface area contributed by atoms with E-state index in [0.29, 0.717) is 19.0 Å². The molecule has 2 aliphatic rings. The first-order valence-electron chi connectivity index (χ1n) is 14.5. The molecule has 6 rings (SSSR count). The summed E-state index contributed by atoms with van der Waals surface area (Å²) in [4.78, 5) is 20.8. The van der Waals surface area contributed by atoms with Crippen LogP contribution in [0, 0.1) is 38.0 Å². The highest BCUT2D eigenvalue weighted by atomic mass is 79.9. The molecule has 7 nitrogen and oxygen atoms in total. The highest BCUT2D eigenvalue weighted by molar-refractivity contribution is 9.10. The topological polar surface area (TPSA) is 68.8 Å². The SMILES string of the molecule is Cc1cc2ncn(Cc3cn(CC4C(C5CC5)CCN4C(=O)C(C)(C)Cc4ccc(Br)c(C)c4)nn3)c2cc1C. The fraction of sp³-hybridized carbons (Fsp3) is 0.500. The molecule has 2 aromatic carbocycles. The molecule has 0 bridgehead atoms. The summed E-state index contributed by atoms with van der Waals surface area (Å²) in [5.74, 6) is 1.51. The molecule has 1 saturated carbocycles. The molecule has 1 amide bonds. The zero-order chi connectivity index (χ0) is 28.2. The molecule has 40 heavy (non-hydrogen) atoms. The molecule has 4 aromatic rings. The van der Waals surface area contributed by atoms with Gasteiger partial charge in [-0.3, -0.25) is 9.48 Å². The number of imidazole rings is 1. The van der Waals surface area contributed by atoms with Crippen molar-refractivity contribution in [3.8, 4) is 0 Å². The number of rotatable bonds is 8. The summed E-state index contributed by atoms with van der Waals surface area (Å²) in [5.41, 5.74) is 7.45. The summed E-state index contributed by atoms with van der Waals surface area (Å²) in [6.45, 7) is 12.7. The van der Waals surface area contributed by atoms with Crippen molar-refractivity contribution in [1.29, 1.82) is 0 Å². The van der Waals surface area contributed by atoms with Crippen LogP contribution < -0.4 is 0 Å². The van der Waals surface area contributed by atoms with Crippen LogP contribution in [0.4, 0.5) is 0 Å². The second kappa shape index (κ2) is 10.4. The molecular weight excluding hydrogens is 564 g/mol. The summed E-state index contributed by atoms with van der Waals surface area (Å²) in [6.07, 6.45) is 8.30. The maximum Gasteiger partial charge on any atom is 0.228 e. The molecule has 0 spiro atoms. The van der Waals surface area contributed by atoms with Crippen LogP contribution in [0.25, 0.3) is 11.0 Å². The Bertz CT molecular complexity index is 1560. The fourth-order valence-corrected chi connectivity index (χ4v) is 6.78. The maximum atomic E-state index is 14.1. The third kappa shape index (κ3) is 5.35. The van der Waals surface area contributed by atoms with E-state index in [1.165, 1.54) is 35.1 Å². The van der Waals surface area contributed by atoms with Gasteiger partial charge in [0, 0.05) is 16.4 Å². The number of carbonyl (C=O) groups is 1. The summed E-state index contributed by atoms with van der Waals surface area (Å²) >= 11 is 3.60. The van der Waals surface area contributed by atoms with E-state index in [1.54, 1.807) is 0 Å². The van der Waals surface area contributed by atoms with E-state index in [0.717, 1.165) is 46.5 Å². The van der Waals surface area contributed by atoms with E-state index in [-0.39, 0.29) is 11.9 Å². The number of fused-ring (bicyclic) bond motifs is 1. The van der Waals surface area contributed by atoms with Gasteiger partial charge in [-0.05, 0) is 98.7 Å². The molecule has 1 aliphatic heterocycles. The van der Waals surface area contributed by atoms with Crippen molar-refractivity contribution >= 4 is 32.9 Å². The van der Waals surface area contributed by atoms with Gasteiger partial charge in [0.25, 0.3) is 0 Å². The Hall–Kier alpha value is -3.00. The molecule has 0 radical (unpaired) electrons. The largest absolute Gasteiger partial charge is 0.337 e. The Kier molecular flexibility index (Phi) is 7.09. The number of halogens is 1. The number of aryl methyl sites for hydroxylation is 3. The predicted octanol–water partition coefficient (Wildman–Crippen LogP) is 6.26. The Morgan fingerprint density at radius 2 is 1.82 bits per heavy atom. The number of aromatic nitrogens is 5. The minimum absolute atomic E-state index is 0.153. The van der Waals surface area contributed by atoms with E-state index in [1.807, 2.05) is 17.2 Å². The average Bonchev–Trinajstić information content (AvgIpc) is 3.34. The van der Waals surface area contributed by atoms with Crippen molar-refractivity contribution in [3.63, 3.8) is 0 Å². The smallest absolute Gasteiger partial charge is 0.228 e. The molecule has 0 N–H and O–H groups in total. The van der Waals surface area contributed by atoms with Crippen LogP contribution >= 0.6 is 15.9 Å². The number of carbonyl (C=O) groups excluding carboxylic acids is 1. The highest BCUT2D eigenvalue weighted by Crippen LogP contribution is 2.46. The zero-order valence-corrected chi connectivity index (χ0v) is 25.8. The second-order valence-electron chi connectivity index (χ2n) is 12.7. The molecule has 8 heteroatoms. The molecule has 2 fully saturated rings. The van der Waals surface area contributed by atoms with Gasteiger partial charge in [-0.2, -0.15) is 0 Å². The highest BCUT2D eigenvalue weighted by Gasteiger charge is 2.47. The van der Waals surface area contributed by atoms with Crippen LogP contribution in [-0.2, 0) is 24.3 Å². The van der Waals surface area contributed by atoms with Crippen LogP contribution in [0.1, 0.15) is 61.1 Å². The minimum atomic E-state index is -0.483. The van der Waals surface area contributed by atoms with Crippen molar-refractivity contribution in [2.24, 2.45) is 17.3 Å². The van der Waals surface area contributed by atoms with Gasteiger partial charge in [0.15, 0.2) is 0 Å². The number of benzene rings is 2. The van der Waals surface area contributed by atoms with E-state index in [2.05, 4.69) is 106 Å². The molecule has 2 atom stereocenters. The summed E-state index contributed by atoms with van der Waals surface area (Å²) in [5, 5.41) is 9.03. The van der Waals surface area contributed by atoms with Gasteiger partial charge in [-0.1, -0.05) is 47.1 Å². The quantitative estimate of drug-likeness (QED) is 0.239. The normalized spacial score (nSPS) is 19.6. The third-order valence-corrected chi connectivity index (χ3v) is 9.95. The van der Waals surface area contributed by atoms with Crippen molar-refractivity contribution in [2.75, 3.05) is 6.54 Å². The second-order valence-corrected chi connectivity index (χ2v) is 13.6. The van der Waals surface area contributed by atoms with E-state index in [4.69, 9.17) is 0 Å². The summed E-state index contributed by atoms with van der Waals surface area (Å²) < 4.78 is 5.20. The van der Waals surface area contributed by atoms with Crippen LogP contribution in [-0.4, -0.2) is 47.9 Å². The van der Waals surface area contributed by atoms with Gasteiger partial charge < -0.3 is 9.47 Å². The van der Waals surface area contributed by atoms with Crippen LogP contribution in [0.5, 0.6) is 0 Å². The van der Waals surface area contributed by atoms with Gasteiger partial charge >= 0.3 is 0 Å². The Morgan fingerprint density at radius 3 is 2.58 bits per heavy atom. The zero-order valence-electron chi connectivity index (χ0n) is 24.2. The van der Waals surface area contributed by atoms with Crippen LogP contribution in [0.15, 0.2) is 47.3 Å². The third-order valence-electron chi connectivity index (χ3n) is 9.06. The standard InChI is InChI=1S/C32H39BrN6O/c1-20-13-28-29(14-21(20)2)37(19-34-28)16-25-17-38(36-35-25)18-30-26(24-7-8-24)10-11-39(30)31(40)32(4,5)15-23-6-9-27(33)22(3)12-23/h6,9,12-14,17,19,24,26,30H,7-8,10-11,15-16,18H2,1-5H3. The van der Waals surface area contributed by atoms with E-state index in [9.17, 15) is 4.79 Å². The van der Waals surface area contributed by atoms with E-state index >= 15 is 0 Å². The van der Waals surface area contributed by atoms with Crippen molar-refractivity contribution < 1.29 is 4.79 Å². The lowest BCUT2D eigenvalue weighted by atomic mass is 9.83. The Balaban J connectivity index is 1.19. The lowest BCUT2D eigenvalue weighted by molar-refractivity contribution is -0.142. The molecule has 2 aromatic heterocycles. The lowest BCUT2D eigenvalue weighted by Gasteiger charge is -2.35. The Labute approximate surface area is 245 Å². The number of nitrogens with zero attached hydrogens (tertiary/aromatic N) is 6. The molecule has 210 valence electrons. The Morgan fingerprint density at radius 1 is 1.05 bits per heavy atom. The van der Waals surface area contributed by atoms with Gasteiger partial charge in [0.1, 0.15) is 5.69 Å². The molecule has 2 unspecified atom stereocenters. The van der Waals surface area contributed by atoms with Crippen LogP contribution in [0.3, 0.4) is 0 Å². The fourth-order valence-electron chi connectivity index (χ4n) is 6.53. The van der Waals surface area contributed by atoms with Crippen molar-refractivity contribution in [2.45, 2.75) is 79.4 Å². The number of likely N-dealkylation sites (tertiary alicyclic amines) is 1. The van der Waals surface area contributed by atoms with Gasteiger partial charge in [-0.15, -0.1) is 5.10 Å². The first-order chi connectivity index (χ1) is 19.1. The molecular formula is C32H39BrN6O. The van der Waals surface area contributed by atoms with Gasteiger partial charge in [0.2, 0.25) is 5.91 Å². The lowest BCUT2D eigenvalue weighted by Crippen LogP contribution is -2.47. The first-order valence-corrected chi connectivity index (χ1v) is 15.3.